The first-order valence-corrected chi connectivity index (χ1v) is 7.36. The SMILES string of the molecule is N#CC1(c2cccc(F)c2)CC2(CCCCCC2)C1. The second-order valence-corrected chi connectivity index (χ2v) is 6.47. The number of nitrogens with zero attached hydrogens (tertiary/aromatic N) is 1. The molecule has 0 unspecified atom stereocenters. The predicted molar refractivity (Wildman–Crippen MR) is 73.1 cm³/mol. The number of halogens is 1. The highest BCUT2D eigenvalue weighted by Crippen LogP contribution is 2.61. The van der Waals surface area contributed by atoms with E-state index in [4.69, 9.17) is 0 Å². The van der Waals surface area contributed by atoms with Crippen LogP contribution in [0.5, 0.6) is 0 Å². The summed E-state index contributed by atoms with van der Waals surface area (Å²) in [7, 11) is 0. The third kappa shape index (κ3) is 2.16. The van der Waals surface area contributed by atoms with E-state index in [1.165, 1.54) is 44.6 Å². The van der Waals surface area contributed by atoms with Crippen LogP contribution >= 0.6 is 0 Å². The fourth-order valence-electron chi connectivity index (χ4n) is 4.19. The Kier molecular flexibility index (Phi) is 3.09. The number of rotatable bonds is 1. The van der Waals surface area contributed by atoms with Crippen LogP contribution in [0.4, 0.5) is 4.39 Å². The molecule has 1 nitrogen and oxygen atoms in total. The van der Waals surface area contributed by atoms with E-state index in [0.717, 1.165) is 18.4 Å². The minimum absolute atomic E-state index is 0.228. The highest BCUT2D eigenvalue weighted by Gasteiger charge is 2.55. The molecule has 1 aromatic rings. The Labute approximate surface area is 114 Å². The lowest BCUT2D eigenvalue weighted by molar-refractivity contribution is 0.0396. The van der Waals surface area contributed by atoms with Gasteiger partial charge in [0.25, 0.3) is 0 Å². The molecule has 0 N–H and O–H groups in total. The second-order valence-electron chi connectivity index (χ2n) is 6.47. The Morgan fingerprint density at radius 1 is 1.05 bits per heavy atom. The maximum atomic E-state index is 13.4. The first-order chi connectivity index (χ1) is 9.18. The van der Waals surface area contributed by atoms with Crippen molar-refractivity contribution in [1.82, 2.24) is 0 Å². The predicted octanol–water partition coefficient (Wildman–Crippen LogP) is 4.72. The zero-order chi connectivity index (χ0) is 13.3. The first kappa shape index (κ1) is 12.7. The van der Waals surface area contributed by atoms with Crippen molar-refractivity contribution in [2.45, 2.75) is 56.8 Å². The highest BCUT2D eigenvalue weighted by molar-refractivity contribution is 5.38. The topological polar surface area (TPSA) is 23.8 Å². The minimum Gasteiger partial charge on any atom is -0.207 e. The third-order valence-electron chi connectivity index (χ3n) is 5.11. The van der Waals surface area contributed by atoms with Crippen molar-refractivity contribution >= 4 is 0 Å². The molecule has 2 aliphatic carbocycles. The van der Waals surface area contributed by atoms with Gasteiger partial charge in [0.2, 0.25) is 0 Å². The summed E-state index contributed by atoms with van der Waals surface area (Å²) >= 11 is 0. The Balaban J connectivity index is 1.83. The lowest BCUT2D eigenvalue weighted by atomic mass is 9.49. The molecule has 2 heteroatoms. The van der Waals surface area contributed by atoms with Crippen LogP contribution in [0.2, 0.25) is 0 Å². The Bertz CT molecular complexity index is 498. The molecule has 0 amide bonds. The van der Waals surface area contributed by atoms with Crippen LogP contribution in [0, 0.1) is 22.6 Å². The summed E-state index contributed by atoms with van der Waals surface area (Å²) < 4.78 is 13.4. The normalized spacial score (nSPS) is 24.2. The van der Waals surface area contributed by atoms with Crippen LogP contribution in [0.3, 0.4) is 0 Å². The first-order valence-electron chi connectivity index (χ1n) is 7.36. The molecule has 1 spiro atoms. The smallest absolute Gasteiger partial charge is 0.123 e. The number of benzene rings is 1. The van der Waals surface area contributed by atoms with Gasteiger partial charge in [-0.3, -0.25) is 0 Å². The van der Waals surface area contributed by atoms with Crippen LogP contribution in [-0.4, -0.2) is 0 Å². The van der Waals surface area contributed by atoms with E-state index in [1.54, 1.807) is 12.1 Å². The average molecular weight is 257 g/mol. The van der Waals surface area contributed by atoms with Gasteiger partial charge in [-0.05, 0) is 48.8 Å². The van der Waals surface area contributed by atoms with E-state index >= 15 is 0 Å². The van der Waals surface area contributed by atoms with Gasteiger partial charge in [-0.1, -0.05) is 37.8 Å². The summed E-state index contributed by atoms with van der Waals surface area (Å²) in [6, 6.07) is 9.12. The lowest BCUT2D eigenvalue weighted by Gasteiger charge is -2.53. The van der Waals surface area contributed by atoms with Crippen molar-refractivity contribution in [2.24, 2.45) is 5.41 Å². The van der Waals surface area contributed by atoms with E-state index in [2.05, 4.69) is 6.07 Å². The highest BCUT2D eigenvalue weighted by atomic mass is 19.1. The fourth-order valence-corrected chi connectivity index (χ4v) is 4.19. The number of hydrogen-bond acceptors (Lipinski definition) is 1. The van der Waals surface area contributed by atoms with Crippen molar-refractivity contribution in [3.8, 4) is 6.07 Å². The Hall–Kier alpha value is -1.36. The molecule has 3 rings (SSSR count). The molecule has 0 radical (unpaired) electrons. The summed E-state index contributed by atoms with van der Waals surface area (Å²) in [4.78, 5) is 0. The maximum absolute atomic E-state index is 13.4. The van der Waals surface area contributed by atoms with Crippen LogP contribution in [0.1, 0.15) is 56.9 Å². The van der Waals surface area contributed by atoms with Crippen molar-refractivity contribution < 1.29 is 4.39 Å². The summed E-state index contributed by atoms with van der Waals surface area (Å²) in [6.45, 7) is 0. The van der Waals surface area contributed by atoms with E-state index in [0.29, 0.717) is 5.41 Å². The summed E-state index contributed by atoms with van der Waals surface area (Å²) in [5, 5.41) is 9.59. The molecule has 2 saturated carbocycles. The van der Waals surface area contributed by atoms with Gasteiger partial charge < -0.3 is 0 Å². The molecule has 2 fully saturated rings. The van der Waals surface area contributed by atoms with Gasteiger partial charge in [-0.2, -0.15) is 5.26 Å². The van der Waals surface area contributed by atoms with Crippen molar-refractivity contribution in [1.29, 1.82) is 5.26 Å². The molecule has 100 valence electrons. The van der Waals surface area contributed by atoms with Crippen molar-refractivity contribution in [2.75, 3.05) is 0 Å². The van der Waals surface area contributed by atoms with Crippen LogP contribution in [-0.2, 0) is 5.41 Å². The van der Waals surface area contributed by atoms with Gasteiger partial charge >= 0.3 is 0 Å². The molecule has 0 aromatic heterocycles. The van der Waals surface area contributed by atoms with Gasteiger partial charge in [0.05, 0.1) is 11.5 Å². The maximum Gasteiger partial charge on any atom is 0.123 e. The summed E-state index contributed by atoms with van der Waals surface area (Å²) in [5.41, 5.74) is 0.829. The van der Waals surface area contributed by atoms with Gasteiger partial charge in [-0.25, -0.2) is 4.39 Å². The van der Waals surface area contributed by atoms with Crippen LogP contribution in [0.15, 0.2) is 24.3 Å². The molecule has 0 bridgehead atoms. The molecular formula is C17H20FN. The van der Waals surface area contributed by atoms with Crippen LogP contribution < -0.4 is 0 Å². The van der Waals surface area contributed by atoms with Gasteiger partial charge in [-0.15, -0.1) is 0 Å². The monoisotopic (exact) mass is 257 g/mol. The zero-order valence-corrected chi connectivity index (χ0v) is 11.3. The van der Waals surface area contributed by atoms with Gasteiger partial charge in [0.15, 0.2) is 0 Å². The fraction of sp³-hybridized carbons (Fsp3) is 0.588. The molecule has 0 heterocycles. The van der Waals surface area contributed by atoms with Gasteiger partial charge in [0, 0.05) is 0 Å². The Morgan fingerprint density at radius 3 is 2.32 bits per heavy atom. The molecule has 0 saturated heterocycles. The van der Waals surface area contributed by atoms with Crippen molar-refractivity contribution in [3.63, 3.8) is 0 Å². The standard InChI is InChI=1S/C17H20FN/c18-15-7-5-6-14(10-15)17(13-19)11-16(12-17)8-3-1-2-4-9-16/h5-7,10H,1-4,8-9,11-12H2. The van der Waals surface area contributed by atoms with E-state index in [9.17, 15) is 9.65 Å². The largest absolute Gasteiger partial charge is 0.207 e. The lowest BCUT2D eigenvalue weighted by Crippen LogP contribution is -2.48. The quantitative estimate of drug-likeness (QED) is 0.714. The molecular weight excluding hydrogens is 237 g/mol. The van der Waals surface area contributed by atoms with E-state index in [-0.39, 0.29) is 5.82 Å². The minimum atomic E-state index is -0.424. The zero-order valence-electron chi connectivity index (χ0n) is 11.3. The summed E-state index contributed by atoms with van der Waals surface area (Å²) in [6.07, 6.45) is 9.63. The Morgan fingerprint density at radius 2 is 1.74 bits per heavy atom. The molecule has 19 heavy (non-hydrogen) atoms. The van der Waals surface area contributed by atoms with Gasteiger partial charge in [0.1, 0.15) is 5.82 Å². The average Bonchev–Trinajstić information content (AvgIpc) is 2.62. The number of hydrogen-bond donors (Lipinski definition) is 0. The third-order valence-corrected chi connectivity index (χ3v) is 5.11. The number of nitriles is 1. The van der Waals surface area contributed by atoms with E-state index in [1.807, 2.05) is 6.07 Å². The molecule has 0 aliphatic heterocycles. The molecule has 2 aliphatic rings. The van der Waals surface area contributed by atoms with Crippen molar-refractivity contribution in [3.05, 3.63) is 35.6 Å². The van der Waals surface area contributed by atoms with Crippen LogP contribution in [0.25, 0.3) is 0 Å². The summed E-state index contributed by atoms with van der Waals surface area (Å²) in [5.74, 6) is -0.228. The molecule has 1 aromatic carbocycles. The van der Waals surface area contributed by atoms with E-state index < -0.39 is 5.41 Å². The molecule has 0 atom stereocenters. The second kappa shape index (κ2) is 4.63.